The van der Waals surface area contributed by atoms with Gasteiger partial charge in [0.25, 0.3) is 0 Å². The SMILES string of the molecule is Cc1n[nH]c2ccc(C3C(C#N)=C(c4ccccc4)NC(C(F)(F)F)=C3C#N)cc12. The summed E-state index contributed by atoms with van der Waals surface area (Å²) in [5, 5.41) is 29.6. The molecule has 2 aromatic carbocycles. The molecule has 2 heterocycles. The number of benzene rings is 2. The first-order valence-electron chi connectivity index (χ1n) is 8.98. The van der Waals surface area contributed by atoms with Crippen molar-refractivity contribution in [3.8, 4) is 12.1 Å². The fourth-order valence-corrected chi connectivity index (χ4v) is 3.67. The smallest absolute Gasteiger partial charge is 0.349 e. The van der Waals surface area contributed by atoms with E-state index in [9.17, 15) is 23.7 Å². The quantitative estimate of drug-likeness (QED) is 0.639. The Balaban J connectivity index is 2.03. The van der Waals surface area contributed by atoms with Crippen LogP contribution in [0.3, 0.4) is 0 Å². The van der Waals surface area contributed by atoms with Crippen LogP contribution in [0, 0.1) is 29.6 Å². The number of aromatic amines is 1. The first kappa shape index (κ1) is 19.3. The van der Waals surface area contributed by atoms with E-state index in [2.05, 4.69) is 15.5 Å². The second-order valence-corrected chi connectivity index (χ2v) is 6.84. The van der Waals surface area contributed by atoms with E-state index in [0.29, 0.717) is 16.8 Å². The summed E-state index contributed by atoms with van der Waals surface area (Å²) in [5.41, 5.74) is 0.621. The number of hydrogen-bond donors (Lipinski definition) is 2. The molecule has 0 spiro atoms. The van der Waals surface area contributed by atoms with E-state index in [1.807, 2.05) is 6.07 Å². The number of dihydropyridines is 1. The number of aromatic nitrogens is 2. The highest BCUT2D eigenvalue weighted by Crippen LogP contribution is 2.44. The zero-order chi connectivity index (χ0) is 21.5. The highest BCUT2D eigenvalue weighted by Gasteiger charge is 2.44. The van der Waals surface area contributed by atoms with Crippen molar-refractivity contribution < 1.29 is 13.2 Å². The van der Waals surface area contributed by atoms with Crippen LogP contribution in [-0.4, -0.2) is 16.4 Å². The molecule has 30 heavy (non-hydrogen) atoms. The monoisotopic (exact) mass is 405 g/mol. The van der Waals surface area contributed by atoms with Crippen LogP contribution in [-0.2, 0) is 0 Å². The Kier molecular flexibility index (Phi) is 4.56. The van der Waals surface area contributed by atoms with Crippen LogP contribution in [0.5, 0.6) is 0 Å². The minimum Gasteiger partial charge on any atom is -0.349 e. The molecule has 0 saturated heterocycles. The van der Waals surface area contributed by atoms with Crippen molar-refractivity contribution in [2.45, 2.75) is 19.0 Å². The van der Waals surface area contributed by atoms with Gasteiger partial charge in [-0.3, -0.25) is 5.10 Å². The molecule has 0 amide bonds. The number of hydrogen-bond acceptors (Lipinski definition) is 4. The third-order valence-corrected chi connectivity index (χ3v) is 5.06. The van der Waals surface area contributed by atoms with Crippen molar-refractivity contribution >= 4 is 16.6 Å². The van der Waals surface area contributed by atoms with Gasteiger partial charge in [0.05, 0.1) is 46.1 Å². The Bertz CT molecular complexity index is 1280. The van der Waals surface area contributed by atoms with Crippen molar-refractivity contribution in [1.82, 2.24) is 15.5 Å². The number of rotatable bonds is 2. The first-order valence-corrected chi connectivity index (χ1v) is 8.98. The van der Waals surface area contributed by atoms with Crippen molar-refractivity contribution in [3.63, 3.8) is 0 Å². The van der Waals surface area contributed by atoms with E-state index in [0.717, 1.165) is 10.9 Å². The van der Waals surface area contributed by atoms with Crippen molar-refractivity contribution in [3.05, 3.63) is 82.2 Å². The predicted octanol–water partition coefficient (Wildman–Crippen LogP) is 4.83. The third kappa shape index (κ3) is 3.09. The number of H-pyrrole nitrogens is 1. The van der Waals surface area contributed by atoms with Crippen molar-refractivity contribution in [2.75, 3.05) is 0 Å². The molecule has 0 bridgehead atoms. The summed E-state index contributed by atoms with van der Waals surface area (Å²) in [5.74, 6) is -1.16. The third-order valence-electron chi connectivity index (χ3n) is 5.06. The van der Waals surface area contributed by atoms with Crippen LogP contribution in [0.2, 0.25) is 0 Å². The molecule has 8 heteroatoms. The molecule has 0 fully saturated rings. The maximum Gasteiger partial charge on any atom is 0.432 e. The maximum absolute atomic E-state index is 13.9. The topological polar surface area (TPSA) is 88.3 Å². The number of nitriles is 2. The summed E-state index contributed by atoms with van der Waals surface area (Å²) in [4.78, 5) is 0. The number of allylic oxidation sites excluding steroid dienone is 3. The Morgan fingerprint density at radius 2 is 1.70 bits per heavy atom. The van der Waals surface area contributed by atoms with Gasteiger partial charge in [-0.05, 0) is 30.2 Å². The fraction of sp³-hybridized carbons (Fsp3) is 0.136. The van der Waals surface area contributed by atoms with Crippen molar-refractivity contribution in [1.29, 1.82) is 10.5 Å². The van der Waals surface area contributed by atoms with Crippen LogP contribution >= 0.6 is 0 Å². The van der Waals surface area contributed by atoms with Crippen LogP contribution in [0.25, 0.3) is 16.6 Å². The first-order chi connectivity index (χ1) is 14.3. The van der Waals surface area contributed by atoms with Gasteiger partial charge in [0, 0.05) is 5.39 Å². The van der Waals surface area contributed by atoms with Crippen LogP contribution in [0.1, 0.15) is 22.7 Å². The molecule has 1 aliphatic heterocycles. The number of nitrogens with one attached hydrogen (secondary N) is 2. The summed E-state index contributed by atoms with van der Waals surface area (Å²) < 4.78 is 41.6. The molecule has 0 saturated carbocycles. The Hall–Kier alpha value is -4.04. The molecule has 0 radical (unpaired) electrons. The highest BCUT2D eigenvalue weighted by molar-refractivity contribution is 5.84. The van der Waals surface area contributed by atoms with Crippen LogP contribution < -0.4 is 5.32 Å². The zero-order valence-corrected chi connectivity index (χ0v) is 15.7. The molecular weight excluding hydrogens is 391 g/mol. The van der Waals surface area contributed by atoms with Crippen molar-refractivity contribution in [2.24, 2.45) is 0 Å². The number of aryl methyl sites for hydroxylation is 1. The van der Waals surface area contributed by atoms with Gasteiger partial charge >= 0.3 is 6.18 Å². The lowest BCUT2D eigenvalue weighted by Crippen LogP contribution is -2.33. The van der Waals surface area contributed by atoms with E-state index in [-0.39, 0.29) is 11.3 Å². The van der Waals surface area contributed by atoms with Crippen LogP contribution in [0.15, 0.2) is 65.4 Å². The van der Waals surface area contributed by atoms with Gasteiger partial charge < -0.3 is 5.32 Å². The van der Waals surface area contributed by atoms with Gasteiger partial charge in [-0.1, -0.05) is 36.4 Å². The summed E-state index contributed by atoms with van der Waals surface area (Å²) in [6, 6.07) is 17.0. The molecule has 3 aromatic rings. The number of nitrogens with zero attached hydrogens (tertiary/aromatic N) is 3. The van der Waals surface area contributed by atoms with Gasteiger partial charge in [0.1, 0.15) is 5.70 Å². The molecule has 1 unspecified atom stereocenters. The summed E-state index contributed by atoms with van der Waals surface area (Å²) in [6.07, 6.45) is -4.79. The Morgan fingerprint density at radius 1 is 1.00 bits per heavy atom. The largest absolute Gasteiger partial charge is 0.432 e. The van der Waals surface area contributed by atoms with Gasteiger partial charge in [0.15, 0.2) is 0 Å². The number of halogens is 3. The van der Waals surface area contributed by atoms with E-state index in [1.54, 1.807) is 61.5 Å². The normalized spacial score (nSPS) is 16.9. The van der Waals surface area contributed by atoms with Crippen LogP contribution in [0.4, 0.5) is 13.2 Å². The maximum atomic E-state index is 13.9. The molecule has 1 aliphatic rings. The number of fused-ring (bicyclic) bond motifs is 1. The molecule has 1 aromatic heterocycles. The second-order valence-electron chi connectivity index (χ2n) is 6.84. The average molecular weight is 405 g/mol. The standard InChI is InChI=1S/C22H14F3N5/c1-12-15-9-14(7-8-18(15)30-29-12)19-16(10-26)20(13-5-3-2-4-6-13)28-21(17(19)11-27)22(23,24)25/h2-9,19,28H,1H3,(H,29,30). The molecule has 2 N–H and O–H groups in total. The van der Waals surface area contributed by atoms with Gasteiger partial charge in [-0.25, -0.2) is 0 Å². The Morgan fingerprint density at radius 3 is 2.33 bits per heavy atom. The fourth-order valence-electron chi connectivity index (χ4n) is 3.67. The average Bonchev–Trinajstić information content (AvgIpc) is 3.12. The van der Waals surface area contributed by atoms with Gasteiger partial charge in [-0.2, -0.15) is 28.8 Å². The Labute approximate surface area is 169 Å². The summed E-state index contributed by atoms with van der Waals surface area (Å²) >= 11 is 0. The van der Waals surface area contributed by atoms with Gasteiger partial charge in [-0.15, -0.1) is 0 Å². The predicted molar refractivity (Wildman–Crippen MR) is 104 cm³/mol. The van der Waals surface area contributed by atoms with Gasteiger partial charge in [0.2, 0.25) is 0 Å². The number of alkyl halides is 3. The second kappa shape index (κ2) is 7.09. The minimum absolute atomic E-state index is 0.0402. The molecule has 4 rings (SSSR count). The highest BCUT2D eigenvalue weighted by atomic mass is 19.4. The molecular formula is C22H14F3N5. The lowest BCUT2D eigenvalue weighted by atomic mass is 9.79. The molecule has 0 aliphatic carbocycles. The molecule has 5 nitrogen and oxygen atoms in total. The van der Waals surface area contributed by atoms with E-state index < -0.39 is 23.4 Å². The summed E-state index contributed by atoms with van der Waals surface area (Å²) in [6.45, 7) is 1.77. The van der Waals surface area contributed by atoms with E-state index >= 15 is 0 Å². The van der Waals surface area contributed by atoms with E-state index in [4.69, 9.17) is 0 Å². The molecule has 1 atom stereocenters. The molecule has 148 valence electrons. The lowest BCUT2D eigenvalue weighted by molar-refractivity contribution is -0.0962. The lowest BCUT2D eigenvalue weighted by Gasteiger charge is -2.30. The van der Waals surface area contributed by atoms with E-state index in [1.165, 1.54) is 0 Å². The zero-order valence-electron chi connectivity index (χ0n) is 15.7. The minimum atomic E-state index is -4.79. The summed E-state index contributed by atoms with van der Waals surface area (Å²) in [7, 11) is 0.